The van der Waals surface area contributed by atoms with Crippen LogP contribution in [-0.2, 0) is 0 Å². The van der Waals surface area contributed by atoms with Crippen molar-refractivity contribution in [2.45, 2.75) is 20.8 Å². The van der Waals surface area contributed by atoms with Crippen molar-refractivity contribution < 1.29 is 4.79 Å². The second kappa shape index (κ2) is 5.41. The maximum Gasteiger partial charge on any atom is 0.253 e. The Balaban J connectivity index is 2.84. The standard InChI is InChI=1S/C13H19ClN2O/c1-13(2,3)8-16-12(17)10-7-9(14)5-6-11(10)15-4/h5-7,15H,8H2,1-4H3,(H,16,17). The summed E-state index contributed by atoms with van der Waals surface area (Å²) in [5.41, 5.74) is 1.42. The third-order valence-corrected chi connectivity index (χ3v) is 2.51. The van der Waals surface area contributed by atoms with E-state index in [0.29, 0.717) is 17.1 Å². The third kappa shape index (κ3) is 4.27. The molecule has 1 aromatic rings. The third-order valence-electron chi connectivity index (χ3n) is 2.27. The smallest absolute Gasteiger partial charge is 0.253 e. The van der Waals surface area contributed by atoms with E-state index in [1.807, 2.05) is 0 Å². The molecule has 94 valence electrons. The minimum absolute atomic E-state index is 0.0635. The maximum atomic E-state index is 12.0. The van der Waals surface area contributed by atoms with E-state index < -0.39 is 0 Å². The number of hydrogen-bond acceptors (Lipinski definition) is 2. The minimum Gasteiger partial charge on any atom is -0.387 e. The van der Waals surface area contributed by atoms with Gasteiger partial charge >= 0.3 is 0 Å². The van der Waals surface area contributed by atoms with Crippen LogP contribution in [0.25, 0.3) is 0 Å². The number of hydrogen-bond donors (Lipinski definition) is 2. The first kappa shape index (κ1) is 13.8. The van der Waals surface area contributed by atoms with Gasteiger partial charge in [0.1, 0.15) is 0 Å². The quantitative estimate of drug-likeness (QED) is 0.870. The summed E-state index contributed by atoms with van der Waals surface area (Å²) >= 11 is 5.90. The first-order valence-electron chi connectivity index (χ1n) is 5.59. The van der Waals surface area contributed by atoms with E-state index in [4.69, 9.17) is 11.6 Å². The van der Waals surface area contributed by atoms with E-state index in [2.05, 4.69) is 31.4 Å². The summed E-state index contributed by atoms with van der Waals surface area (Å²) in [6.45, 7) is 6.85. The Labute approximate surface area is 108 Å². The summed E-state index contributed by atoms with van der Waals surface area (Å²) in [6.07, 6.45) is 0. The van der Waals surface area contributed by atoms with Crippen molar-refractivity contribution >= 4 is 23.2 Å². The summed E-state index contributed by atoms with van der Waals surface area (Å²) in [5, 5.41) is 6.44. The first-order chi connectivity index (χ1) is 7.83. The number of carbonyl (C=O) groups excluding carboxylic acids is 1. The average molecular weight is 255 g/mol. The van der Waals surface area contributed by atoms with E-state index in [9.17, 15) is 4.79 Å². The molecule has 0 aliphatic rings. The topological polar surface area (TPSA) is 41.1 Å². The molecule has 17 heavy (non-hydrogen) atoms. The summed E-state index contributed by atoms with van der Waals surface area (Å²) < 4.78 is 0. The Hall–Kier alpha value is -1.22. The van der Waals surface area contributed by atoms with Gasteiger partial charge < -0.3 is 10.6 Å². The normalized spacial score (nSPS) is 11.1. The SMILES string of the molecule is CNc1ccc(Cl)cc1C(=O)NCC(C)(C)C. The lowest BCUT2D eigenvalue weighted by Crippen LogP contribution is -2.32. The summed E-state index contributed by atoms with van der Waals surface area (Å²) in [5.74, 6) is -0.105. The number of benzene rings is 1. The molecule has 4 heteroatoms. The van der Waals surface area contributed by atoms with Gasteiger partial charge in [0.05, 0.1) is 5.56 Å². The Kier molecular flexibility index (Phi) is 4.40. The monoisotopic (exact) mass is 254 g/mol. The Morgan fingerprint density at radius 3 is 2.53 bits per heavy atom. The van der Waals surface area contributed by atoms with Crippen molar-refractivity contribution in [3.63, 3.8) is 0 Å². The highest BCUT2D eigenvalue weighted by Crippen LogP contribution is 2.20. The summed E-state index contributed by atoms with van der Waals surface area (Å²) in [4.78, 5) is 12.0. The fraction of sp³-hybridized carbons (Fsp3) is 0.462. The molecule has 0 radical (unpaired) electrons. The molecule has 0 saturated heterocycles. The molecule has 1 amide bonds. The number of anilines is 1. The zero-order valence-corrected chi connectivity index (χ0v) is 11.5. The van der Waals surface area contributed by atoms with Crippen LogP contribution in [0, 0.1) is 5.41 Å². The number of nitrogens with one attached hydrogen (secondary N) is 2. The fourth-order valence-electron chi connectivity index (χ4n) is 1.36. The van der Waals surface area contributed by atoms with Crippen LogP contribution in [0.1, 0.15) is 31.1 Å². The zero-order chi connectivity index (χ0) is 13.1. The molecule has 0 bridgehead atoms. The van der Waals surface area contributed by atoms with Crippen molar-refractivity contribution in [1.29, 1.82) is 0 Å². The van der Waals surface area contributed by atoms with E-state index in [-0.39, 0.29) is 11.3 Å². The highest BCUT2D eigenvalue weighted by Gasteiger charge is 2.15. The van der Waals surface area contributed by atoms with Crippen LogP contribution in [0.4, 0.5) is 5.69 Å². The van der Waals surface area contributed by atoms with E-state index in [0.717, 1.165) is 5.69 Å². The van der Waals surface area contributed by atoms with Gasteiger partial charge in [-0.25, -0.2) is 0 Å². The largest absolute Gasteiger partial charge is 0.387 e. The molecule has 1 rings (SSSR count). The molecule has 0 aromatic heterocycles. The lowest BCUT2D eigenvalue weighted by molar-refractivity contribution is 0.0940. The van der Waals surface area contributed by atoms with Gasteiger partial charge in [0.25, 0.3) is 5.91 Å². The van der Waals surface area contributed by atoms with Crippen molar-refractivity contribution in [2.75, 3.05) is 18.9 Å². The van der Waals surface area contributed by atoms with Crippen LogP contribution in [0.3, 0.4) is 0 Å². The van der Waals surface area contributed by atoms with Crippen molar-refractivity contribution in [1.82, 2.24) is 5.32 Å². The van der Waals surface area contributed by atoms with Crippen molar-refractivity contribution in [2.24, 2.45) is 5.41 Å². The lowest BCUT2D eigenvalue weighted by atomic mass is 9.97. The molecule has 0 saturated carbocycles. The molecule has 0 aliphatic heterocycles. The molecule has 0 unspecified atom stereocenters. The van der Waals surface area contributed by atoms with Crippen LogP contribution in [0.15, 0.2) is 18.2 Å². The second-order valence-electron chi connectivity index (χ2n) is 5.18. The number of rotatable bonds is 3. The predicted molar refractivity (Wildman–Crippen MR) is 72.8 cm³/mol. The van der Waals surface area contributed by atoms with E-state index >= 15 is 0 Å². The highest BCUT2D eigenvalue weighted by molar-refractivity contribution is 6.31. The Morgan fingerprint density at radius 1 is 1.35 bits per heavy atom. The maximum absolute atomic E-state index is 12.0. The molecule has 0 heterocycles. The Bertz CT molecular complexity index is 410. The fourth-order valence-corrected chi connectivity index (χ4v) is 1.54. The van der Waals surface area contributed by atoms with Gasteiger partial charge in [0.15, 0.2) is 0 Å². The molecule has 1 aromatic carbocycles. The molecule has 0 spiro atoms. The van der Waals surface area contributed by atoms with Gasteiger partial charge in [-0.1, -0.05) is 32.4 Å². The van der Waals surface area contributed by atoms with Crippen LogP contribution in [-0.4, -0.2) is 19.5 Å². The van der Waals surface area contributed by atoms with Crippen LogP contribution in [0.5, 0.6) is 0 Å². The number of carbonyl (C=O) groups is 1. The number of halogens is 1. The van der Waals surface area contributed by atoms with Crippen LogP contribution < -0.4 is 10.6 Å². The lowest BCUT2D eigenvalue weighted by Gasteiger charge is -2.19. The number of amides is 1. The van der Waals surface area contributed by atoms with E-state index in [1.165, 1.54) is 0 Å². The zero-order valence-electron chi connectivity index (χ0n) is 10.7. The molecule has 0 fully saturated rings. The average Bonchev–Trinajstić information content (AvgIpc) is 2.25. The summed E-state index contributed by atoms with van der Waals surface area (Å²) in [6, 6.07) is 5.23. The van der Waals surface area contributed by atoms with Crippen LogP contribution >= 0.6 is 11.6 Å². The van der Waals surface area contributed by atoms with Crippen LogP contribution in [0.2, 0.25) is 5.02 Å². The van der Waals surface area contributed by atoms with Gasteiger partial charge in [-0.3, -0.25) is 4.79 Å². The molecule has 0 atom stereocenters. The molecular weight excluding hydrogens is 236 g/mol. The molecule has 0 aliphatic carbocycles. The molecule has 3 nitrogen and oxygen atoms in total. The minimum atomic E-state index is -0.105. The van der Waals surface area contributed by atoms with Gasteiger partial charge in [0.2, 0.25) is 0 Å². The van der Waals surface area contributed by atoms with E-state index in [1.54, 1.807) is 25.2 Å². The molecular formula is C13H19ClN2O. The Morgan fingerprint density at radius 2 is 2.00 bits per heavy atom. The highest BCUT2D eigenvalue weighted by atomic mass is 35.5. The van der Waals surface area contributed by atoms with Gasteiger partial charge in [-0.15, -0.1) is 0 Å². The molecule has 2 N–H and O–H groups in total. The first-order valence-corrected chi connectivity index (χ1v) is 5.97. The van der Waals surface area contributed by atoms with Gasteiger partial charge in [-0.05, 0) is 23.6 Å². The predicted octanol–water partition coefficient (Wildman–Crippen LogP) is 3.16. The van der Waals surface area contributed by atoms with Crippen molar-refractivity contribution in [3.05, 3.63) is 28.8 Å². The van der Waals surface area contributed by atoms with Gasteiger partial charge in [-0.2, -0.15) is 0 Å². The van der Waals surface area contributed by atoms with Gasteiger partial charge in [0, 0.05) is 24.3 Å². The summed E-state index contributed by atoms with van der Waals surface area (Å²) in [7, 11) is 1.78. The van der Waals surface area contributed by atoms with Crippen molar-refractivity contribution in [3.8, 4) is 0 Å². The second-order valence-corrected chi connectivity index (χ2v) is 5.62.